The largest absolute Gasteiger partial charge is 0.508 e. The molecule has 0 radical (unpaired) electrons. The fourth-order valence-electron chi connectivity index (χ4n) is 4.38. The summed E-state index contributed by atoms with van der Waals surface area (Å²) in [6, 6.07) is 9.10. The second kappa shape index (κ2) is 7.59. The van der Waals surface area contributed by atoms with Gasteiger partial charge in [0.1, 0.15) is 17.6 Å². The van der Waals surface area contributed by atoms with Gasteiger partial charge in [0.25, 0.3) is 0 Å². The molecule has 0 aromatic heterocycles. The van der Waals surface area contributed by atoms with Crippen molar-refractivity contribution in [3.05, 3.63) is 47.0 Å². The summed E-state index contributed by atoms with van der Waals surface area (Å²) in [6.45, 7) is 1.15. The van der Waals surface area contributed by atoms with E-state index in [1.165, 1.54) is 5.56 Å². The molecule has 0 unspecified atom stereocenters. The van der Waals surface area contributed by atoms with Crippen molar-refractivity contribution in [1.82, 2.24) is 0 Å². The normalized spacial score (nSPS) is 18.9. The highest BCUT2D eigenvalue weighted by atomic mass is 16.7. The Hall–Kier alpha value is -2.73. The number of nitrogens with zero attached hydrogens (tertiary/aromatic N) is 1. The van der Waals surface area contributed by atoms with Crippen LogP contribution in [0.3, 0.4) is 0 Å². The molecule has 6 nitrogen and oxygen atoms in total. The molecule has 0 amide bonds. The van der Waals surface area contributed by atoms with E-state index in [2.05, 4.69) is 14.1 Å². The third kappa shape index (κ3) is 3.77. The van der Waals surface area contributed by atoms with Gasteiger partial charge in [0, 0.05) is 12.8 Å². The molecule has 29 heavy (non-hydrogen) atoms. The standard InChI is InChI=1S/C23H27NO5/c1-24(2)11-10-16-12-20-22(29-14-28-20)23(27-3)21(16)19(24)13-18(26)9-6-15-4-7-17(25)8-5-15/h4-5,7-8,12,19H,6,9-11,13-14H2,1-3H3/p+1/t19-/m0/s1. The molecule has 0 saturated heterocycles. The number of phenols is 1. The summed E-state index contributed by atoms with van der Waals surface area (Å²) in [6.07, 6.45) is 2.51. The highest BCUT2D eigenvalue weighted by Gasteiger charge is 2.42. The number of ketones is 1. The number of benzene rings is 2. The number of hydrogen-bond acceptors (Lipinski definition) is 5. The number of Topliss-reactive ketones (excluding diaryl/α,β-unsaturated/α-hetero) is 1. The smallest absolute Gasteiger partial charge is 0.231 e. The Morgan fingerprint density at radius 3 is 2.72 bits per heavy atom. The monoisotopic (exact) mass is 398 g/mol. The fourth-order valence-corrected chi connectivity index (χ4v) is 4.38. The second-order valence-corrected chi connectivity index (χ2v) is 8.39. The molecule has 0 bridgehead atoms. The molecular formula is C23H28NO5+. The van der Waals surface area contributed by atoms with Gasteiger partial charge in [-0.25, -0.2) is 0 Å². The first-order chi connectivity index (χ1) is 13.9. The van der Waals surface area contributed by atoms with Crippen molar-refractivity contribution in [2.45, 2.75) is 31.7 Å². The van der Waals surface area contributed by atoms with Crippen molar-refractivity contribution in [2.24, 2.45) is 0 Å². The van der Waals surface area contributed by atoms with Crippen molar-refractivity contribution < 1.29 is 28.6 Å². The minimum absolute atomic E-state index is 0.00974. The average molecular weight is 398 g/mol. The summed E-state index contributed by atoms with van der Waals surface area (Å²) >= 11 is 0. The Kier molecular flexibility index (Phi) is 5.13. The zero-order chi connectivity index (χ0) is 20.6. The Morgan fingerprint density at radius 1 is 1.24 bits per heavy atom. The SMILES string of the molecule is COc1c2c(cc3c1[C@H](CC(=O)CCc1ccc(O)cc1)[N+](C)(C)CC3)OCO2. The van der Waals surface area contributed by atoms with Crippen LogP contribution in [-0.4, -0.2) is 49.9 Å². The van der Waals surface area contributed by atoms with Crippen LogP contribution in [0.5, 0.6) is 23.0 Å². The zero-order valence-electron chi connectivity index (χ0n) is 17.2. The van der Waals surface area contributed by atoms with E-state index < -0.39 is 0 Å². The average Bonchev–Trinajstić information content (AvgIpc) is 3.16. The quantitative estimate of drug-likeness (QED) is 0.756. The van der Waals surface area contributed by atoms with Gasteiger partial charge in [0.2, 0.25) is 12.5 Å². The van der Waals surface area contributed by atoms with Gasteiger partial charge in [0.15, 0.2) is 11.5 Å². The molecule has 0 saturated carbocycles. The molecule has 2 aliphatic rings. The Morgan fingerprint density at radius 2 is 2.00 bits per heavy atom. The van der Waals surface area contributed by atoms with Crippen LogP contribution in [0.25, 0.3) is 0 Å². The van der Waals surface area contributed by atoms with Crippen molar-refractivity contribution in [3.63, 3.8) is 0 Å². The predicted octanol–water partition coefficient (Wildman–Crippen LogP) is 3.40. The summed E-state index contributed by atoms with van der Waals surface area (Å²) in [5.74, 6) is 2.54. The number of likely N-dealkylation sites (N-methyl/N-ethyl adjacent to an activating group) is 1. The maximum Gasteiger partial charge on any atom is 0.231 e. The minimum Gasteiger partial charge on any atom is -0.508 e. The van der Waals surface area contributed by atoms with Crippen LogP contribution < -0.4 is 14.2 Å². The lowest BCUT2D eigenvalue weighted by atomic mass is 9.86. The van der Waals surface area contributed by atoms with E-state index in [1.54, 1.807) is 19.2 Å². The van der Waals surface area contributed by atoms with Gasteiger partial charge in [0.05, 0.1) is 39.7 Å². The number of aromatic hydroxyl groups is 1. The number of fused-ring (bicyclic) bond motifs is 2. The topological polar surface area (TPSA) is 65.0 Å². The number of carbonyl (C=O) groups excluding carboxylic acids is 1. The van der Waals surface area contributed by atoms with E-state index >= 15 is 0 Å². The van der Waals surface area contributed by atoms with E-state index in [9.17, 15) is 9.90 Å². The van der Waals surface area contributed by atoms with Gasteiger partial charge in [-0.05, 0) is 35.7 Å². The first-order valence-electron chi connectivity index (χ1n) is 10.0. The first-order valence-corrected chi connectivity index (χ1v) is 10.0. The molecule has 0 fully saturated rings. The molecule has 154 valence electrons. The lowest BCUT2D eigenvalue weighted by Gasteiger charge is -2.43. The van der Waals surface area contributed by atoms with Crippen molar-refractivity contribution in [1.29, 1.82) is 0 Å². The molecule has 2 aliphatic heterocycles. The van der Waals surface area contributed by atoms with Gasteiger partial charge in [-0.2, -0.15) is 0 Å². The molecule has 0 aliphatic carbocycles. The lowest BCUT2D eigenvalue weighted by Crippen LogP contribution is -2.48. The molecule has 4 rings (SSSR count). The maximum atomic E-state index is 12.9. The molecule has 2 heterocycles. The molecule has 2 aromatic rings. The summed E-state index contributed by atoms with van der Waals surface area (Å²) in [4.78, 5) is 12.9. The van der Waals surface area contributed by atoms with Crippen LogP contribution in [0.4, 0.5) is 0 Å². The number of hydrogen-bond donors (Lipinski definition) is 1. The number of aryl methyl sites for hydroxylation is 1. The number of phenolic OH excluding ortho intramolecular Hbond substituents is 1. The summed E-state index contributed by atoms with van der Waals surface area (Å²) < 4.78 is 17.7. The first kappa shape index (κ1) is 19.6. The Balaban J connectivity index is 1.58. The molecular weight excluding hydrogens is 370 g/mol. The van der Waals surface area contributed by atoms with Crippen LogP contribution in [0, 0.1) is 0 Å². The molecule has 2 aromatic carbocycles. The molecule has 1 N–H and O–H groups in total. The van der Waals surface area contributed by atoms with Crippen LogP contribution in [0.1, 0.15) is 35.6 Å². The number of quaternary nitrogens is 1. The molecule has 0 spiro atoms. The van der Waals surface area contributed by atoms with Crippen molar-refractivity contribution >= 4 is 5.78 Å². The van der Waals surface area contributed by atoms with E-state index in [-0.39, 0.29) is 24.4 Å². The molecule has 6 heteroatoms. The van der Waals surface area contributed by atoms with Crippen LogP contribution in [0.2, 0.25) is 0 Å². The van der Waals surface area contributed by atoms with Crippen LogP contribution >= 0.6 is 0 Å². The van der Waals surface area contributed by atoms with Crippen molar-refractivity contribution in [2.75, 3.05) is 34.5 Å². The third-order valence-corrected chi connectivity index (χ3v) is 6.13. The predicted molar refractivity (Wildman–Crippen MR) is 109 cm³/mol. The van der Waals surface area contributed by atoms with Gasteiger partial charge >= 0.3 is 0 Å². The van der Waals surface area contributed by atoms with E-state index in [0.29, 0.717) is 30.8 Å². The van der Waals surface area contributed by atoms with Gasteiger partial charge in [-0.1, -0.05) is 12.1 Å². The van der Waals surface area contributed by atoms with Gasteiger partial charge in [-0.3, -0.25) is 4.79 Å². The zero-order valence-corrected chi connectivity index (χ0v) is 17.2. The van der Waals surface area contributed by atoms with Crippen LogP contribution in [0.15, 0.2) is 30.3 Å². The van der Waals surface area contributed by atoms with Crippen molar-refractivity contribution in [3.8, 4) is 23.0 Å². The summed E-state index contributed by atoms with van der Waals surface area (Å²) in [5, 5.41) is 9.42. The second-order valence-electron chi connectivity index (χ2n) is 8.39. The Labute approximate surface area is 171 Å². The fraction of sp³-hybridized carbons (Fsp3) is 0.435. The summed E-state index contributed by atoms with van der Waals surface area (Å²) in [7, 11) is 5.99. The van der Waals surface area contributed by atoms with E-state index in [1.807, 2.05) is 18.2 Å². The number of methoxy groups -OCH3 is 1. The number of ether oxygens (including phenoxy) is 3. The third-order valence-electron chi connectivity index (χ3n) is 6.13. The van der Waals surface area contributed by atoms with E-state index in [0.717, 1.165) is 34.3 Å². The number of rotatable bonds is 6. The lowest BCUT2D eigenvalue weighted by molar-refractivity contribution is -0.922. The van der Waals surface area contributed by atoms with Crippen LogP contribution in [-0.2, 0) is 17.6 Å². The Bertz CT molecular complexity index is 920. The maximum absolute atomic E-state index is 12.9. The highest BCUT2D eigenvalue weighted by Crippen LogP contribution is 2.51. The number of carbonyl (C=O) groups is 1. The van der Waals surface area contributed by atoms with Gasteiger partial charge < -0.3 is 23.8 Å². The minimum atomic E-state index is 0.00974. The highest BCUT2D eigenvalue weighted by molar-refractivity contribution is 5.80. The molecule has 1 atom stereocenters. The van der Waals surface area contributed by atoms with Gasteiger partial charge in [-0.15, -0.1) is 0 Å². The van der Waals surface area contributed by atoms with E-state index in [4.69, 9.17) is 14.2 Å². The summed E-state index contributed by atoms with van der Waals surface area (Å²) in [5.41, 5.74) is 3.31.